The van der Waals surface area contributed by atoms with Gasteiger partial charge in [-0.1, -0.05) is 23.7 Å². The lowest BCUT2D eigenvalue weighted by molar-refractivity contribution is 0.175. The van der Waals surface area contributed by atoms with Crippen LogP contribution in [0.5, 0.6) is 0 Å². The van der Waals surface area contributed by atoms with Crippen LogP contribution in [0.4, 0.5) is 0 Å². The highest BCUT2D eigenvalue weighted by Crippen LogP contribution is 2.11. The summed E-state index contributed by atoms with van der Waals surface area (Å²) >= 11 is 5.88. The second-order valence-corrected chi connectivity index (χ2v) is 5.54. The molecule has 2 rings (SSSR count). The molecular weight excluding hydrogens is 232 g/mol. The van der Waals surface area contributed by atoms with Crippen LogP contribution in [0.25, 0.3) is 0 Å². The van der Waals surface area contributed by atoms with Crippen molar-refractivity contribution in [3.05, 3.63) is 34.9 Å². The number of benzene rings is 1. The number of hydrogen-bond donors (Lipinski definition) is 1. The summed E-state index contributed by atoms with van der Waals surface area (Å²) in [4.78, 5) is 2.54. The number of rotatable bonds is 3. The first kappa shape index (κ1) is 12.9. The number of nitrogens with zero attached hydrogens (tertiary/aromatic N) is 1. The van der Waals surface area contributed by atoms with Crippen molar-refractivity contribution in [3.63, 3.8) is 0 Å². The SMILES string of the molecule is CC1CN(CCc2ccc(Cl)cc2)CC(C)N1. The van der Waals surface area contributed by atoms with E-state index >= 15 is 0 Å². The molecule has 0 bridgehead atoms. The molecule has 1 aliphatic rings. The van der Waals surface area contributed by atoms with E-state index < -0.39 is 0 Å². The van der Waals surface area contributed by atoms with Crippen molar-refractivity contribution in [1.29, 1.82) is 0 Å². The maximum atomic E-state index is 5.88. The molecule has 3 heteroatoms. The monoisotopic (exact) mass is 252 g/mol. The maximum absolute atomic E-state index is 5.88. The molecule has 0 aliphatic carbocycles. The largest absolute Gasteiger partial charge is 0.309 e. The number of halogens is 1. The first-order chi connectivity index (χ1) is 8.13. The molecule has 2 nitrogen and oxygen atoms in total. The molecule has 17 heavy (non-hydrogen) atoms. The van der Waals surface area contributed by atoms with Crippen molar-refractivity contribution in [3.8, 4) is 0 Å². The van der Waals surface area contributed by atoms with Crippen molar-refractivity contribution >= 4 is 11.6 Å². The lowest BCUT2D eigenvalue weighted by Crippen LogP contribution is -2.54. The standard InChI is InChI=1S/C14H21ClN2/c1-11-9-17(10-12(2)16-11)8-7-13-3-5-14(15)6-4-13/h3-6,11-12,16H,7-10H2,1-2H3. The van der Waals surface area contributed by atoms with Gasteiger partial charge in [-0.25, -0.2) is 0 Å². The van der Waals surface area contributed by atoms with Crippen LogP contribution in [0, 0.1) is 0 Å². The maximum Gasteiger partial charge on any atom is 0.0406 e. The lowest BCUT2D eigenvalue weighted by Gasteiger charge is -2.36. The summed E-state index contributed by atoms with van der Waals surface area (Å²) < 4.78 is 0. The second-order valence-electron chi connectivity index (χ2n) is 5.10. The van der Waals surface area contributed by atoms with Crippen molar-refractivity contribution < 1.29 is 0 Å². The second kappa shape index (κ2) is 5.85. The zero-order valence-electron chi connectivity index (χ0n) is 10.6. The van der Waals surface area contributed by atoms with Crippen molar-refractivity contribution in [1.82, 2.24) is 10.2 Å². The molecule has 1 aromatic carbocycles. The predicted octanol–water partition coefficient (Wildman–Crippen LogP) is 2.56. The van der Waals surface area contributed by atoms with Gasteiger partial charge in [-0.3, -0.25) is 4.90 Å². The summed E-state index contributed by atoms with van der Waals surface area (Å²) in [5.74, 6) is 0. The Bertz CT molecular complexity index is 340. The summed E-state index contributed by atoms with van der Waals surface area (Å²) in [5.41, 5.74) is 1.37. The Labute approximate surface area is 109 Å². The van der Waals surface area contributed by atoms with Crippen molar-refractivity contribution in [2.24, 2.45) is 0 Å². The van der Waals surface area contributed by atoms with Crippen LogP contribution < -0.4 is 5.32 Å². The number of nitrogens with one attached hydrogen (secondary N) is 1. The molecular formula is C14H21ClN2. The number of hydrogen-bond acceptors (Lipinski definition) is 2. The molecule has 1 saturated heterocycles. The molecule has 2 atom stereocenters. The van der Waals surface area contributed by atoms with Crippen LogP contribution >= 0.6 is 11.6 Å². The van der Waals surface area contributed by atoms with Gasteiger partial charge < -0.3 is 5.32 Å². The Morgan fingerprint density at radius 2 is 1.76 bits per heavy atom. The number of piperazine rings is 1. The van der Waals surface area contributed by atoms with E-state index in [1.54, 1.807) is 0 Å². The fourth-order valence-electron chi connectivity index (χ4n) is 2.56. The van der Waals surface area contributed by atoms with Gasteiger partial charge in [-0.15, -0.1) is 0 Å². The van der Waals surface area contributed by atoms with E-state index in [9.17, 15) is 0 Å². The third kappa shape index (κ3) is 3.98. The van der Waals surface area contributed by atoms with Crippen LogP contribution in [0.1, 0.15) is 19.4 Å². The van der Waals surface area contributed by atoms with Crippen LogP contribution in [-0.4, -0.2) is 36.6 Å². The van der Waals surface area contributed by atoms with Gasteiger partial charge in [-0.2, -0.15) is 0 Å². The van der Waals surface area contributed by atoms with E-state index in [1.807, 2.05) is 12.1 Å². The zero-order valence-corrected chi connectivity index (χ0v) is 11.4. The quantitative estimate of drug-likeness (QED) is 0.890. The van der Waals surface area contributed by atoms with E-state index in [0.717, 1.165) is 31.1 Å². The molecule has 0 saturated carbocycles. The van der Waals surface area contributed by atoms with Gasteiger partial charge in [0.05, 0.1) is 0 Å². The summed E-state index contributed by atoms with van der Waals surface area (Å²) in [6.07, 6.45) is 1.11. The molecule has 0 spiro atoms. The Hall–Kier alpha value is -0.570. The van der Waals surface area contributed by atoms with Crippen LogP contribution in [0.15, 0.2) is 24.3 Å². The average Bonchev–Trinajstić information content (AvgIpc) is 2.27. The van der Waals surface area contributed by atoms with E-state index in [-0.39, 0.29) is 0 Å². The molecule has 1 fully saturated rings. The summed E-state index contributed by atoms with van der Waals surface area (Å²) in [6, 6.07) is 9.39. The molecule has 0 amide bonds. The summed E-state index contributed by atoms with van der Waals surface area (Å²) in [5, 5.41) is 4.37. The van der Waals surface area contributed by atoms with Gasteiger partial charge in [0.25, 0.3) is 0 Å². The van der Waals surface area contributed by atoms with Crippen molar-refractivity contribution in [2.75, 3.05) is 19.6 Å². The summed E-state index contributed by atoms with van der Waals surface area (Å²) in [7, 11) is 0. The Morgan fingerprint density at radius 1 is 1.18 bits per heavy atom. The van der Waals surface area contributed by atoms with Gasteiger partial charge >= 0.3 is 0 Å². The van der Waals surface area contributed by atoms with E-state index in [1.165, 1.54) is 5.56 Å². The smallest absolute Gasteiger partial charge is 0.0406 e. The molecule has 1 aliphatic heterocycles. The highest BCUT2D eigenvalue weighted by molar-refractivity contribution is 6.30. The minimum Gasteiger partial charge on any atom is -0.309 e. The topological polar surface area (TPSA) is 15.3 Å². The van der Waals surface area contributed by atoms with Gasteiger partial charge in [0.2, 0.25) is 0 Å². The van der Waals surface area contributed by atoms with Crippen LogP contribution in [0.3, 0.4) is 0 Å². The van der Waals surface area contributed by atoms with Gasteiger partial charge in [0.15, 0.2) is 0 Å². The molecule has 0 aromatic heterocycles. The van der Waals surface area contributed by atoms with Crippen LogP contribution in [0.2, 0.25) is 5.02 Å². The molecule has 1 heterocycles. The first-order valence-corrected chi connectivity index (χ1v) is 6.74. The fraction of sp³-hybridized carbons (Fsp3) is 0.571. The third-order valence-electron chi connectivity index (χ3n) is 3.26. The van der Waals surface area contributed by atoms with Crippen molar-refractivity contribution in [2.45, 2.75) is 32.4 Å². The van der Waals surface area contributed by atoms with Gasteiger partial charge in [0.1, 0.15) is 0 Å². The van der Waals surface area contributed by atoms with Gasteiger partial charge in [0, 0.05) is 36.7 Å². The highest BCUT2D eigenvalue weighted by atomic mass is 35.5. The molecule has 1 N–H and O–H groups in total. The molecule has 2 unspecified atom stereocenters. The van der Waals surface area contributed by atoms with E-state index in [4.69, 9.17) is 11.6 Å². The average molecular weight is 253 g/mol. The fourth-order valence-corrected chi connectivity index (χ4v) is 2.69. The van der Waals surface area contributed by atoms with Gasteiger partial charge in [-0.05, 0) is 38.0 Å². The predicted molar refractivity (Wildman–Crippen MR) is 73.7 cm³/mol. The Balaban J connectivity index is 1.83. The first-order valence-electron chi connectivity index (χ1n) is 6.36. The normalized spacial score (nSPS) is 26.1. The minimum atomic E-state index is 0.601. The van der Waals surface area contributed by atoms with Crippen LogP contribution in [-0.2, 0) is 6.42 Å². The van der Waals surface area contributed by atoms with E-state index in [2.05, 4.69) is 36.2 Å². The highest BCUT2D eigenvalue weighted by Gasteiger charge is 2.20. The molecule has 1 aromatic rings. The minimum absolute atomic E-state index is 0.601. The molecule has 94 valence electrons. The zero-order chi connectivity index (χ0) is 12.3. The lowest BCUT2D eigenvalue weighted by atomic mass is 10.1. The third-order valence-corrected chi connectivity index (χ3v) is 3.52. The van der Waals surface area contributed by atoms with E-state index in [0.29, 0.717) is 12.1 Å². The molecule has 0 radical (unpaired) electrons. The summed E-state index contributed by atoms with van der Waals surface area (Å²) in [6.45, 7) is 7.95. The Kier molecular flexibility index (Phi) is 4.43. The Morgan fingerprint density at radius 3 is 2.35 bits per heavy atom.